The first-order valence-electron chi connectivity index (χ1n) is 7.78. The maximum atomic E-state index is 12.2. The summed E-state index contributed by atoms with van der Waals surface area (Å²) in [6.07, 6.45) is -1.18. The molecule has 2 aromatic rings. The number of nitrogens with zero attached hydrogens (tertiary/aromatic N) is 1. The van der Waals surface area contributed by atoms with E-state index < -0.39 is 22.9 Å². The molecule has 0 aliphatic rings. The summed E-state index contributed by atoms with van der Waals surface area (Å²) in [6.45, 7) is 1.39. The zero-order valence-electron chi connectivity index (χ0n) is 14.3. The largest absolute Gasteiger partial charge is 0.496 e. The summed E-state index contributed by atoms with van der Waals surface area (Å²) >= 11 is 0. The summed E-state index contributed by atoms with van der Waals surface area (Å²) in [5.74, 6) is -0.728. The van der Waals surface area contributed by atoms with Crippen LogP contribution in [-0.2, 0) is 20.7 Å². The van der Waals surface area contributed by atoms with Crippen molar-refractivity contribution in [1.82, 2.24) is 0 Å². The first-order chi connectivity index (χ1) is 12.4. The Hall–Kier alpha value is -3.42. The van der Waals surface area contributed by atoms with Crippen LogP contribution in [0.2, 0.25) is 0 Å². The lowest BCUT2D eigenvalue weighted by Gasteiger charge is -2.14. The Morgan fingerprint density at radius 3 is 2.50 bits per heavy atom. The Morgan fingerprint density at radius 2 is 1.81 bits per heavy atom. The van der Waals surface area contributed by atoms with Gasteiger partial charge in [-0.3, -0.25) is 19.7 Å². The molecule has 0 unspecified atom stereocenters. The van der Waals surface area contributed by atoms with Crippen LogP contribution in [0.4, 0.5) is 11.4 Å². The maximum Gasteiger partial charge on any atom is 0.311 e. The van der Waals surface area contributed by atoms with Crippen molar-refractivity contribution >= 4 is 23.3 Å². The topological polar surface area (TPSA) is 108 Å². The summed E-state index contributed by atoms with van der Waals surface area (Å²) in [6, 6.07) is 12.7. The van der Waals surface area contributed by atoms with Gasteiger partial charge in [-0.2, -0.15) is 0 Å². The average molecular weight is 358 g/mol. The van der Waals surface area contributed by atoms with E-state index in [9.17, 15) is 19.7 Å². The number of rotatable bonds is 7. The summed E-state index contributed by atoms with van der Waals surface area (Å²) in [5, 5.41) is 13.4. The number of hydrogen-bond donors (Lipinski definition) is 1. The summed E-state index contributed by atoms with van der Waals surface area (Å²) in [7, 11) is 1.49. The SMILES string of the molecule is COc1ccccc1CC(=O)O[C@@H](C)C(=O)Nc1ccccc1[N+](=O)[O-]. The number of nitrogens with one attached hydrogen (secondary N) is 1. The van der Waals surface area contributed by atoms with Crippen LogP contribution in [0.25, 0.3) is 0 Å². The molecule has 0 fully saturated rings. The van der Waals surface area contributed by atoms with Crippen molar-refractivity contribution in [3.63, 3.8) is 0 Å². The molecule has 2 aromatic carbocycles. The molecule has 0 radical (unpaired) electrons. The van der Waals surface area contributed by atoms with Gasteiger partial charge < -0.3 is 14.8 Å². The van der Waals surface area contributed by atoms with E-state index in [1.165, 1.54) is 32.2 Å². The third kappa shape index (κ3) is 4.79. The Morgan fingerprint density at radius 1 is 1.15 bits per heavy atom. The highest BCUT2D eigenvalue weighted by Gasteiger charge is 2.22. The second-order valence-corrected chi connectivity index (χ2v) is 5.38. The first-order valence-corrected chi connectivity index (χ1v) is 7.78. The molecule has 26 heavy (non-hydrogen) atoms. The van der Waals surface area contributed by atoms with Crippen molar-refractivity contribution in [2.24, 2.45) is 0 Å². The molecular formula is C18H18N2O6. The summed E-state index contributed by atoms with van der Waals surface area (Å²) in [5.41, 5.74) is 0.426. The van der Waals surface area contributed by atoms with Crippen molar-refractivity contribution in [2.75, 3.05) is 12.4 Å². The number of benzene rings is 2. The lowest BCUT2D eigenvalue weighted by Crippen LogP contribution is -2.30. The fourth-order valence-electron chi connectivity index (χ4n) is 2.27. The average Bonchev–Trinajstić information content (AvgIpc) is 2.62. The van der Waals surface area contributed by atoms with Gasteiger partial charge in [0.05, 0.1) is 18.5 Å². The second-order valence-electron chi connectivity index (χ2n) is 5.38. The number of amides is 1. The van der Waals surface area contributed by atoms with Crippen LogP contribution in [-0.4, -0.2) is 30.0 Å². The zero-order valence-corrected chi connectivity index (χ0v) is 14.3. The number of ether oxygens (including phenoxy) is 2. The first kappa shape index (κ1) is 18.9. The van der Waals surface area contributed by atoms with E-state index in [2.05, 4.69) is 5.32 Å². The minimum Gasteiger partial charge on any atom is -0.496 e. The molecule has 8 heteroatoms. The Bertz CT molecular complexity index is 821. The molecule has 1 atom stereocenters. The molecule has 0 aromatic heterocycles. The molecule has 1 amide bonds. The molecule has 0 aliphatic carbocycles. The highest BCUT2D eigenvalue weighted by Crippen LogP contribution is 2.23. The summed E-state index contributed by atoms with van der Waals surface area (Å²) in [4.78, 5) is 34.6. The molecular weight excluding hydrogens is 340 g/mol. The van der Waals surface area contributed by atoms with Crippen LogP contribution in [0, 0.1) is 10.1 Å². The molecule has 0 saturated carbocycles. The van der Waals surface area contributed by atoms with E-state index in [-0.39, 0.29) is 17.8 Å². The van der Waals surface area contributed by atoms with Crippen LogP contribution in [0.3, 0.4) is 0 Å². The van der Waals surface area contributed by atoms with E-state index in [4.69, 9.17) is 9.47 Å². The van der Waals surface area contributed by atoms with Crippen molar-refractivity contribution < 1.29 is 24.0 Å². The smallest absolute Gasteiger partial charge is 0.311 e. The number of esters is 1. The van der Waals surface area contributed by atoms with Crippen LogP contribution in [0.15, 0.2) is 48.5 Å². The molecule has 0 bridgehead atoms. The Labute approximate surface area is 149 Å². The standard InChI is InChI=1S/C18H18N2O6/c1-12(18(22)19-14-8-4-5-9-15(14)20(23)24)26-17(21)11-13-7-3-6-10-16(13)25-2/h3-10,12H,11H2,1-2H3,(H,19,22)/t12-/m0/s1. The van der Waals surface area contributed by atoms with Crippen molar-refractivity contribution in [3.8, 4) is 5.75 Å². The van der Waals surface area contributed by atoms with Gasteiger partial charge in [-0.15, -0.1) is 0 Å². The van der Waals surface area contributed by atoms with E-state index in [0.717, 1.165) is 0 Å². The van der Waals surface area contributed by atoms with Gasteiger partial charge in [0.15, 0.2) is 6.10 Å². The number of methoxy groups -OCH3 is 1. The van der Waals surface area contributed by atoms with E-state index in [1.54, 1.807) is 30.3 Å². The molecule has 2 rings (SSSR count). The van der Waals surface area contributed by atoms with Crippen LogP contribution >= 0.6 is 0 Å². The third-order valence-corrected chi connectivity index (χ3v) is 3.56. The zero-order chi connectivity index (χ0) is 19.1. The van der Waals surface area contributed by atoms with Crippen LogP contribution in [0.5, 0.6) is 5.75 Å². The van der Waals surface area contributed by atoms with Gasteiger partial charge in [-0.25, -0.2) is 0 Å². The van der Waals surface area contributed by atoms with Gasteiger partial charge in [0.2, 0.25) is 0 Å². The van der Waals surface area contributed by atoms with Gasteiger partial charge in [-0.1, -0.05) is 30.3 Å². The van der Waals surface area contributed by atoms with Gasteiger partial charge in [0, 0.05) is 11.6 Å². The second kappa shape index (κ2) is 8.61. The van der Waals surface area contributed by atoms with Gasteiger partial charge in [-0.05, 0) is 19.1 Å². The predicted molar refractivity (Wildman–Crippen MR) is 94.0 cm³/mol. The van der Waals surface area contributed by atoms with Gasteiger partial charge >= 0.3 is 5.97 Å². The quantitative estimate of drug-likeness (QED) is 0.463. The molecule has 8 nitrogen and oxygen atoms in total. The van der Waals surface area contributed by atoms with Gasteiger partial charge in [0.1, 0.15) is 11.4 Å². The molecule has 1 N–H and O–H groups in total. The molecule has 0 aliphatic heterocycles. The normalized spacial score (nSPS) is 11.3. The number of carbonyl (C=O) groups excluding carboxylic acids is 2. The van der Waals surface area contributed by atoms with E-state index in [1.807, 2.05) is 0 Å². The lowest BCUT2D eigenvalue weighted by atomic mass is 10.1. The third-order valence-electron chi connectivity index (χ3n) is 3.56. The molecule has 0 spiro atoms. The number of nitro groups is 1. The Kier molecular flexibility index (Phi) is 6.26. The molecule has 0 heterocycles. The number of carbonyl (C=O) groups is 2. The number of anilines is 1. The van der Waals surface area contributed by atoms with Crippen LogP contribution < -0.4 is 10.1 Å². The van der Waals surface area contributed by atoms with E-state index >= 15 is 0 Å². The molecule has 136 valence electrons. The molecule has 0 saturated heterocycles. The minimum atomic E-state index is -1.11. The predicted octanol–water partition coefficient (Wildman–Crippen LogP) is 2.72. The monoisotopic (exact) mass is 358 g/mol. The van der Waals surface area contributed by atoms with Gasteiger partial charge in [0.25, 0.3) is 11.6 Å². The lowest BCUT2D eigenvalue weighted by molar-refractivity contribution is -0.383. The van der Waals surface area contributed by atoms with Crippen molar-refractivity contribution in [1.29, 1.82) is 0 Å². The Balaban J connectivity index is 1.99. The number of nitro benzene ring substituents is 1. The highest BCUT2D eigenvalue weighted by atomic mass is 16.6. The maximum absolute atomic E-state index is 12.2. The van der Waals surface area contributed by atoms with Crippen LogP contribution in [0.1, 0.15) is 12.5 Å². The van der Waals surface area contributed by atoms with Crippen molar-refractivity contribution in [3.05, 3.63) is 64.2 Å². The number of hydrogen-bond acceptors (Lipinski definition) is 6. The fraction of sp³-hybridized carbons (Fsp3) is 0.222. The fourth-order valence-corrected chi connectivity index (χ4v) is 2.27. The summed E-state index contributed by atoms with van der Waals surface area (Å²) < 4.78 is 10.3. The van der Waals surface area contributed by atoms with Crippen molar-refractivity contribution in [2.45, 2.75) is 19.4 Å². The minimum absolute atomic E-state index is 0.0372. The highest BCUT2D eigenvalue weighted by molar-refractivity contribution is 5.96. The van der Waals surface area contributed by atoms with E-state index in [0.29, 0.717) is 11.3 Å². The number of para-hydroxylation sites is 3.